The number of benzene rings is 1. The van der Waals surface area contributed by atoms with Crippen LogP contribution in [0.5, 0.6) is 0 Å². The van der Waals surface area contributed by atoms with E-state index in [1.54, 1.807) is 0 Å². The van der Waals surface area contributed by atoms with Gasteiger partial charge in [0.25, 0.3) is 0 Å². The maximum absolute atomic E-state index is 9.12. The van der Waals surface area contributed by atoms with Crippen molar-refractivity contribution >= 4 is 11.6 Å². The Hall–Kier alpha value is -0.570. The molecule has 0 aromatic heterocycles. The predicted octanol–water partition coefficient (Wildman–Crippen LogP) is 1.87. The van der Waals surface area contributed by atoms with E-state index in [9.17, 15) is 0 Å². The van der Waals surface area contributed by atoms with Crippen LogP contribution in [0.25, 0.3) is 0 Å². The van der Waals surface area contributed by atoms with E-state index >= 15 is 0 Å². The van der Waals surface area contributed by atoms with E-state index in [1.165, 1.54) is 11.1 Å². The Bertz CT molecular complexity index is 367. The second kappa shape index (κ2) is 4.12. The van der Waals surface area contributed by atoms with Crippen LogP contribution in [0.1, 0.15) is 24.0 Å². The van der Waals surface area contributed by atoms with E-state index in [0.29, 0.717) is 6.54 Å². The van der Waals surface area contributed by atoms with Crippen LogP contribution in [0.15, 0.2) is 18.2 Å². The summed E-state index contributed by atoms with van der Waals surface area (Å²) in [6, 6.07) is 5.99. The molecule has 2 nitrogen and oxygen atoms in total. The molecule has 0 radical (unpaired) electrons. The van der Waals surface area contributed by atoms with Gasteiger partial charge < -0.3 is 10.8 Å². The Kier molecular flexibility index (Phi) is 3.01. The van der Waals surface area contributed by atoms with Gasteiger partial charge in [-0.2, -0.15) is 0 Å². The summed E-state index contributed by atoms with van der Waals surface area (Å²) in [7, 11) is 0. The van der Waals surface area contributed by atoms with Gasteiger partial charge in [-0.1, -0.05) is 17.7 Å². The highest BCUT2D eigenvalue weighted by atomic mass is 35.5. The number of aliphatic hydroxyl groups excluding tert-OH is 1. The van der Waals surface area contributed by atoms with E-state index in [2.05, 4.69) is 6.07 Å². The number of aryl methyl sites for hydroxylation is 1. The number of hydrogen-bond donors (Lipinski definition) is 2. The molecule has 0 bridgehead atoms. The van der Waals surface area contributed by atoms with Crippen molar-refractivity contribution in [3.63, 3.8) is 0 Å². The highest BCUT2D eigenvalue weighted by Gasteiger charge is 2.36. The summed E-state index contributed by atoms with van der Waals surface area (Å²) in [5.41, 5.74) is 8.42. The molecule has 0 fully saturated rings. The second-order valence-corrected chi connectivity index (χ2v) is 4.70. The van der Waals surface area contributed by atoms with Gasteiger partial charge in [0.05, 0.1) is 0 Å². The summed E-state index contributed by atoms with van der Waals surface area (Å²) in [6.45, 7) is 0.793. The minimum atomic E-state index is -0.0192. The molecule has 1 aliphatic carbocycles. The van der Waals surface area contributed by atoms with Crippen LogP contribution < -0.4 is 5.73 Å². The quantitative estimate of drug-likeness (QED) is 0.825. The lowest BCUT2D eigenvalue weighted by Gasteiger charge is -2.28. The first-order valence-electron chi connectivity index (χ1n) is 5.32. The molecule has 0 saturated carbocycles. The van der Waals surface area contributed by atoms with Crippen LogP contribution in [-0.4, -0.2) is 18.3 Å². The summed E-state index contributed by atoms with van der Waals surface area (Å²) >= 11 is 5.96. The Balaban J connectivity index is 2.41. The largest absolute Gasteiger partial charge is 0.396 e. The SMILES string of the molecule is NCC1(CCO)CCc2cc(Cl)ccc21. The standard InChI is InChI=1S/C12H16ClNO/c13-10-1-2-11-9(7-10)3-4-12(11,8-14)5-6-15/h1-2,7,15H,3-6,8,14H2. The molecule has 1 atom stereocenters. The van der Waals surface area contributed by atoms with Crippen molar-refractivity contribution in [2.45, 2.75) is 24.7 Å². The van der Waals surface area contributed by atoms with Gasteiger partial charge in [-0.05, 0) is 42.5 Å². The van der Waals surface area contributed by atoms with E-state index < -0.39 is 0 Å². The lowest BCUT2D eigenvalue weighted by Crippen LogP contribution is -2.33. The molecule has 1 aromatic rings. The molecule has 0 saturated heterocycles. The van der Waals surface area contributed by atoms with Crippen LogP contribution in [0.2, 0.25) is 5.02 Å². The summed E-state index contributed by atoms with van der Waals surface area (Å²) < 4.78 is 0. The first-order chi connectivity index (χ1) is 7.22. The number of hydrogen-bond acceptors (Lipinski definition) is 2. The van der Waals surface area contributed by atoms with Crippen molar-refractivity contribution in [3.05, 3.63) is 34.3 Å². The molecule has 1 unspecified atom stereocenters. The van der Waals surface area contributed by atoms with Gasteiger partial charge in [0.1, 0.15) is 0 Å². The highest BCUT2D eigenvalue weighted by Crippen LogP contribution is 2.41. The molecule has 0 heterocycles. The third-order valence-corrected chi connectivity index (χ3v) is 3.73. The maximum atomic E-state index is 9.12. The first kappa shape index (κ1) is 10.9. The molecule has 2 rings (SSSR count). The third kappa shape index (κ3) is 1.78. The van der Waals surface area contributed by atoms with Crippen LogP contribution in [0, 0.1) is 0 Å². The van der Waals surface area contributed by atoms with Crippen molar-refractivity contribution in [1.82, 2.24) is 0 Å². The van der Waals surface area contributed by atoms with Crippen molar-refractivity contribution in [2.75, 3.05) is 13.2 Å². The molecule has 3 N–H and O–H groups in total. The van der Waals surface area contributed by atoms with Crippen molar-refractivity contribution in [2.24, 2.45) is 5.73 Å². The zero-order chi connectivity index (χ0) is 10.9. The summed E-state index contributed by atoms with van der Waals surface area (Å²) in [4.78, 5) is 0. The molecule has 15 heavy (non-hydrogen) atoms. The number of aliphatic hydroxyl groups is 1. The summed E-state index contributed by atoms with van der Waals surface area (Å²) in [5, 5.41) is 9.90. The normalized spacial score (nSPS) is 24.2. The number of rotatable bonds is 3. The molecule has 3 heteroatoms. The minimum absolute atomic E-state index is 0.0192. The van der Waals surface area contributed by atoms with E-state index in [4.69, 9.17) is 22.4 Å². The zero-order valence-electron chi connectivity index (χ0n) is 8.67. The van der Waals surface area contributed by atoms with Gasteiger partial charge in [-0.15, -0.1) is 0 Å². The molecule has 0 spiro atoms. The van der Waals surface area contributed by atoms with Gasteiger partial charge in [0.15, 0.2) is 0 Å². The van der Waals surface area contributed by atoms with Crippen molar-refractivity contribution in [3.8, 4) is 0 Å². The van der Waals surface area contributed by atoms with Crippen molar-refractivity contribution in [1.29, 1.82) is 0 Å². The average Bonchev–Trinajstić information content (AvgIpc) is 2.58. The lowest BCUT2D eigenvalue weighted by molar-refractivity contribution is 0.238. The fraction of sp³-hybridized carbons (Fsp3) is 0.500. The Morgan fingerprint density at radius 1 is 1.47 bits per heavy atom. The Labute approximate surface area is 95.1 Å². The van der Waals surface area contributed by atoms with Gasteiger partial charge in [-0.25, -0.2) is 0 Å². The third-order valence-electron chi connectivity index (χ3n) is 3.49. The van der Waals surface area contributed by atoms with Crippen LogP contribution in [0.3, 0.4) is 0 Å². The highest BCUT2D eigenvalue weighted by molar-refractivity contribution is 6.30. The van der Waals surface area contributed by atoms with Crippen LogP contribution in [0.4, 0.5) is 0 Å². The first-order valence-corrected chi connectivity index (χ1v) is 5.69. The topological polar surface area (TPSA) is 46.2 Å². The van der Waals surface area contributed by atoms with E-state index in [0.717, 1.165) is 24.3 Å². The number of halogens is 1. The fourth-order valence-electron chi connectivity index (χ4n) is 2.58. The zero-order valence-corrected chi connectivity index (χ0v) is 9.43. The van der Waals surface area contributed by atoms with Crippen molar-refractivity contribution < 1.29 is 5.11 Å². The van der Waals surface area contributed by atoms with Gasteiger partial charge in [-0.3, -0.25) is 0 Å². The lowest BCUT2D eigenvalue weighted by atomic mass is 9.79. The average molecular weight is 226 g/mol. The van der Waals surface area contributed by atoms with Gasteiger partial charge in [0, 0.05) is 23.6 Å². The molecular formula is C12H16ClNO. The monoisotopic (exact) mass is 225 g/mol. The fourth-order valence-corrected chi connectivity index (χ4v) is 2.78. The predicted molar refractivity (Wildman–Crippen MR) is 62.2 cm³/mol. The molecule has 0 aliphatic heterocycles. The Morgan fingerprint density at radius 2 is 2.27 bits per heavy atom. The molecule has 0 amide bonds. The summed E-state index contributed by atoms with van der Waals surface area (Å²) in [6.07, 6.45) is 2.80. The Morgan fingerprint density at radius 3 is 2.93 bits per heavy atom. The molecular weight excluding hydrogens is 210 g/mol. The second-order valence-electron chi connectivity index (χ2n) is 4.26. The molecule has 1 aromatic carbocycles. The van der Waals surface area contributed by atoms with Gasteiger partial charge in [0.2, 0.25) is 0 Å². The molecule has 1 aliphatic rings. The number of nitrogens with two attached hydrogens (primary N) is 1. The minimum Gasteiger partial charge on any atom is -0.396 e. The van der Waals surface area contributed by atoms with E-state index in [1.807, 2.05) is 12.1 Å². The summed E-state index contributed by atoms with van der Waals surface area (Å²) in [5.74, 6) is 0. The van der Waals surface area contributed by atoms with E-state index in [-0.39, 0.29) is 12.0 Å². The van der Waals surface area contributed by atoms with Crippen LogP contribution >= 0.6 is 11.6 Å². The smallest absolute Gasteiger partial charge is 0.0440 e. The maximum Gasteiger partial charge on any atom is 0.0440 e. The molecule has 82 valence electrons. The van der Waals surface area contributed by atoms with Gasteiger partial charge >= 0.3 is 0 Å². The number of fused-ring (bicyclic) bond motifs is 1. The van der Waals surface area contributed by atoms with Crippen LogP contribution in [-0.2, 0) is 11.8 Å².